The van der Waals surface area contributed by atoms with Crippen LogP contribution in [0.1, 0.15) is 18.4 Å². The third-order valence-electron chi connectivity index (χ3n) is 4.78. The Balaban J connectivity index is 0.00000280. The number of nitrogens with one attached hydrogen (secondary N) is 3. The van der Waals surface area contributed by atoms with Crippen molar-refractivity contribution >= 4 is 24.2 Å². The van der Waals surface area contributed by atoms with Gasteiger partial charge in [-0.25, -0.2) is 4.39 Å². The highest BCUT2D eigenvalue weighted by Gasteiger charge is 2.41. The van der Waals surface area contributed by atoms with E-state index in [1.165, 1.54) is 12.1 Å². The number of hydrogen-bond acceptors (Lipinski definition) is 4. The minimum atomic E-state index is -0.694. The van der Waals surface area contributed by atoms with E-state index in [0.29, 0.717) is 31.5 Å². The molecule has 152 valence electrons. The van der Waals surface area contributed by atoms with E-state index >= 15 is 0 Å². The average molecular weight is 410 g/mol. The number of amides is 2. The van der Waals surface area contributed by atoms with Crippen molar-refractivity contribution in [2.75, 3.05) is 26.2 Å². The molecule has 3 rings (SSSR count). The summed E-state index contributed by atoms with van der Waals surface area (Å²) in [6.45, 7) is 2.13. The van der Waals surface area contributed by atoms with E-state index in [4.69, 9.17) is 0 Å². The van der Waals surface area contributed by atoms with E-state index in [-0.39, 0.29) is 36.5 Å². The fourth-order valence-corrected chi connectivity index (χ4v) is 3.36. The Hall–Kier alpha value is -2.45. The molecule has 1 saturated heterocycles. The lowest BCUT2D eigenvalue weighted by Gasteiger charge is -2.36. The fraction of sp³-hybridized carbons (Fsp3) is 0.421. The molecular formula is C19H25ClFN5O2. The van der Waals surface area contributed by atoms with Gasteiger partial charge in [-0.15, -0.1) is 12.4 Å². The zero-order valence-electron chi connectivity index (χ0n) is 15.5. The largest absolute Gasteiger partial charge is 0.354 e. The van der Waals surface area contributed by atoms with Crippen LogP contribution in [0.15, 0.2) is 42.7 Å². The predicted molar refractivity (Wildman–Crippen MR) is 106 cm³/mol. The smallest absolute Gasteiger partial charge is 0.248 e. The second-order valence-electron chi connectivity index (χ2n) is 6.64. The predicted octanol–water partition coefficient (Wildman–Crippen LogP) is 0.998. The first-order valence-corrected chi connectivity index (χ1v) is 9.10. The molecule has 0 aliphatic carbocycles. The molecule has 7 nitrogen and oxygen atoms in total. The maximum Gasteiger partial charge on any atom is 0.248 e. The molecule has 1 aromatic heterocycles. The van der Waals surface area contributed by atoms with Crippen molar-refractivity contribution in [3.05, 3.63) is 54.1 Å². The van der Waals surface area contributed by atoms with Gasteiger partial charge in [0.05, 0.1) is 6.42 Å². The van der Waals surface area contributed by atoms with Crippen molar-refractivity contribution in [3.8, 4) is 0 Å². The summed E-state index contributed by atoms with van der Waals surface area (Å²) in [5, 5.41) is 13.2. The first-order valence-electron chi connectivity index (χ1n) is 9.10. The highest BCUT2D eigenvalue weighted by molar-refractivity contribution is 5.85. The van der Waals surface area contributed by atoms with E-state index in [1.807, 2.05) is 12.3 Å². The Morgan fingerprint density at radius 2 is 1.93 bits per heavy atom. The fourth-order valence-electron chi connectivity index (χ4n) is 3.36. The van der Waals surface area contributed by atoms with Crippen molar-refractivity contribution < 1.29 is 14.0 Å². The van der Waals surface area contributed by atoms with Crippen LogP contribution in [0, 0.1) is 5.82 Å². The van der Waals surface area contributed by atoms with Gasteiger partial charge in [0, 0.05) is 25.5 Å². The van der Waals surface area contributed by atoms with Gasteiger partial charge in [-0.3, -0.25) is 14.3 Å². The van der Waals surface area contributed by atoms with Crippen molar-refractivity contribution in [2.24, 2.45) is 0 Å². The summed E-state index contributed by atoms with van der Waals surface area (Å²) in [6, 6.07) is 7.77. The number of carbonyl (C=O) groups excluding carboxylic acids is 2. The quantitative estimate of drug-likeness (QED) is 0.595. The first kappa shape index (κ1) is 21.8. The Labute approximate surface area is 169 Å². The third kappa shape index (κ3) is 5.30. The van der Waals surface area contributed by atoms with E-state index in [9.17, 15) is 14.0 Å². The summed E-state index contributed by atoms with van der Waals surface area (Å²) in [5.74, 6) is -0.663. The van der Waals surface area contributed by atoms with Gasteiger partial charge in [0.2, 0.25) is 11.8 Å². The molecule has 9 heteroatoms. The molecule has 0 radical (unpaired) electrons. The van der Waals surface area contributed by atoms with Crippen molar-refractivity contribution in [1.82, 2.24) is 25.7 Å². The van der Waals surface area contributed by atoms with Crippen molar-refractivity contribution in [1.29, 1.82) is 0 Å². The maximum atomic E-state index is 13.2. The van der Waals surface area contributed by atoms with Crippen LogP contribution in [-0.2, 0) is 21.5 Å². The summed E-state index contributed by atoms with van der Waals surface area (Å²) < 4.78 is 14.9. The lowest BCUT2D eigenvalue weighted by atomic mass is 9.87. The highest BCUT2D eigenvalue weighted by atomic mass is 35.5. The minimum absolute atomic E-state index is 0. The Kier molecular flexibility index (Phi) is 7.95. The second-order valence-corrected chi connectivity index (χ2v) is 6.64. The van der Waals surface area contributed by atoms with Gasteiger partial charge < -0.3 is 16.0 Å². The SMILES string of the molecule is Cl.O=C(Cc1cccc(F)c1)NCCNC(=O)C1(n2cccn2)CCNCC1. The van der Waals surface area contributed by atoms with E-state index in [1.54, 1.807) is 23.0 Å². The zero-order valence-corrected chi connectivity index (χ0v) is 16.3. The number of piperidine rings is 1. The maximum absolute atomic E-state index is 13.2. The number of rotatable bonds is 7. The molecule has 1 fully saturated rings. The van der Waals surface area contributed by atoms with Crippen LogP contribution in [0.4, 0.5) is 4.39 Å². The lowest BCUT2D eigenvalue weighted by Crippen LogP contribution is -2.55. The third-order valence-corrected chi connectivity index (χ3v) is 4.78. The van der Waals surface area contributed by atoms with Gasteiger partial charge >= 0.3 is 0 Å². The zero-order chi connectivity index (χ0) is 19.1. The van der Waals surface area contributed by atoms with Gasteiger partial charge in [0.1, 0.15) is 11.4 Å². The number of aromatic nitrogens is 2. The molecule has 1 aliphatic heterocycles. The highest BCUT2D eigenvalue weighted by Crippen LogP contribution is 2.26. The summed E-state index contributed by atoms with van der Waals surface area (Å²) in [6.07, 6.45) is 4.91. The van der Waals surface area contributed by atoms with Gasteiger partial charge in [-0.05, 0) is 49.7 Å². The number of hydrogen-bond donors (Lipinski definition) is 3. The van der Waals surface area contributed by atoms with Crippen LogP contribution >= 0.6 is 12.4 Å². The molecule has 3 N–H and O–H groups in total. The normalized spacial score (nSPS) is 15.3. The first-order chi connectivity index (χ1) is 13.1. The van der Waals surface area contributed by atoms with Crippen molar-refractivity contribution in [2.45, 2.75) is 24.8 Å². The topological polar surface area (TPSA) is 88.1 Å². The molecule has 1 aromatic carbocycles. The van der Waals surface area contributed by atoms with E-state index in [0.717, 1.165) is 13.1 Å². The number of benzene rings is 1. The van der Waals surface area contributed by atoms with Crippen LogP contribution in [0.25, 0.3) is 0 Å². The molecule has 0 saturated carbocycles. The van der Waals surface area contributed by atoms with Gasteiger partial charge in [0.15, 0.2) is 0 Å². The molecule has 2 amide bonds. The minimum Gasteiger partial charge on any atom is -0.354 e. The summed E-state index contributed by atoms with van der Waals surface area (Å²) in [4.78, 5) is 24.8. The van der Waals surface area contributed by atoms with Gasteiger partial charge in [-0.1, -0.05) is 12.1 Å². The van der Waals surface area contributed by atoms with Gasteiger partial charge in [-0.2, -0.15) is 5.10 Å². The summed E-state index contributed by atoms with van der Waals surface area (Å²) >= 11 is 0. The molecular weight excluding hydrogens is 385 g/mol. The van der Waals surface area contributed by atoms with Crippen LogP contribution in [0.5, 0.6) is 0 Å². The van der Waals surface area contributed by atoms with Gasteiger partial charge in [0.25, 0.3) is 0 Å². The lowest BCUT2D eigenvalue weighted by molar-refractivity contribution is -0.132. The molecule has 2 aromatic rings. The Morgan fingerprint density at radius 3 is 2.61 bits per heavy atom. The molecule has 0 spiro atoms. The van der Waals surface area contributed by atoms with Crippen LogP contribution in [-0.4, -0.2) is 47.8 Å². The van der Waals surface area contributed by atoms with Crippen LogP contribution in [0.3, 0.4) is 0 Å². The van der Waals surface area contributed by atoms with Crippen molar-refractivity contribution in [3.63, 3.8) is 0 Å². The number of halogens is 2. The number of carbonyl (C=O) groups is 2. The van der Waals surface area contributed by atoms with Crippen LogP contribution in [0.2, 0.25) is 0 Å². The summed E-state index contributed by atoms with van der Waals surface area (Å²) in [5.41, 5.74) is -0.0794. The van der Waals surface area contributed by atoms with E-state index < -0.39 is 5.54 Å². The molecule has 1 aliphatic rings. The number of nitrogens with zero attached hydrogens (tertiary/aromatic N) is 2. The Morgan fingerprint density at radius 1 is 1.18 bits per heavy atom. The van der Waals surface area contributed by atoms with E-state index in [2.05, 4.69) is 21.0 Å². The molecule has 28 heavy (non-hydrogen) atoms. The molecule has 2 heterocycles. The molecule has 0 bridgehead atoms. The summed E-state index contributed by atoms with van der Waals surface area (Å²) in [7, 11) is 0. The van der Waals surface area contributed by atoms with Crippen LogP contribution < -0.4 is 16.0 Å². The monoisotopic (exact) mass is 409 g/mol. The average Bonchev–Trinajstić information content (AvgIpc) is 3.21. The Bertz CT molecular complexity index is 778. The standard InChI is InChI=1S/C19H24FN5O2.ClH/c20-16-4-1-3-15(13-16)14-17(26)22-10-11-23-18(27)19(5-8-21-9-6-19)25-12-2-7-24-25;/h1-4,7,12-13,21H,5-6,8-11,14H2,(H,22,26)(H,23,27);1H. The molecule has 0 unspecified atom stereocenters. The second kappa shape index (κ2) is 10.2. The molecule has 0 atom stereocenters.